The third-order valence-corrected chi connectivity index (χ3v) is 3.24. The Hall–Kier alpha value is -1.44. The Labute approximate surface area is 132 Å². The molecule has 0 fully saturated rings. The molecule has 116 valence electrons. The van der Waals surface area contributed by atoms with Crippen molar-refractivity contribution in [1.29, 1.82) is 5.26 Å². The standard InChI is InChI=1S/C16H23ClN2O2/c1-3-9-21-16-14(17)10-13(11-15(16)20-2)12-19-8-6-4-5-7-18/h10-11,19H,3-6,8-9,12H2,1-2H3. The summed E-state index contributed by atoms with van der Waals surface area (Å²) in [7, 11) is 1.61. The lowest BCUT2D eigenvalue weighted by Crippen LogP contribution is -2.14. The quantitative estimate of drug-likeness (QED) is 0.665. The van der Waals surface area contributed by atoms with Gasteiger partial charge in [0, 0.05) is 13.0 Å². The van der Waals surface area contributed by atoms with Crippen LogP contribution in [0.5, 0.6) is 11.5 Å². The van der Waals surface area contributed by atoms with E-state index in [9.17, 15) is 0 Å². The zero-order valence-electron chi connectivity index (χ0n) is 12.7. The molecule has 0 unspecified atom stereocenters. The van der Waals surface area contributed by atoms with Gasteiger partial charge in [-0.15, -0.1) is 0 Å². The maximum atomic E-state index is 8.47. The number of nitrogens with one attached hydrogen (secondary N) is 1. The van der Waals surface area contributed by atoms with E-state index in [-0.39, 0.29) is 0 Å². The summed E-state index contributed by atoms with van der Waals surface area (Å²) >= 11 is 6.26. The highest BCUT2D eigenvalue weighted by molar-refractivity contribution is 6.32. The molecule has 0 spiro atoms. The molecule has 0 heterocycles. The van der Waals surface area contributed by atoms with Crippen molar-refractivity contribution in [2.75, 3.05) is 20.3 Å². The number of hydrogen-bond acceptors (Lipinski definition) is 4. The summed E-state index contributed by atoms with van der Waals surface area (Å²) in [5.41, 5.74) is 1.06. The number of hydrogen-bond donors (Lipinski definition) is 1. The van der Waals surface area contributed by atoms with E-state index in [1.54, 1.807) is 7.11 Å². The van der Waals surface area contributed by atoms with Gasteiger partial charge in [0.2, 0.25) is 0 Å². The number of rotatable bonds is 10. The molecule has 1 aromatic carbocycles. The van der Waals surface area contributed by atoms with Gasteiger partial charge in [-0.2, -0.15) is 5.26 Å². The molecule has 0 radical (unpaired) electrons. The largest absolute Gasteiger partial charge is 0.493 e. The predicted molar refractivity (Wildman–Crippen MR) is 85.0 cm³/mol. The lowest BCUT2D eigenvalue weighted by molar-refractivity contribution is 0.294. The van der Waals surface area contributed by atoms with Crippen LogP contribution in [0.25, 0.3) is 0 Å². The molecule has 0 amide bonds. The molecule has 0 atom stereocenters. The van der Waals surface area contributed by atoms with Crippen molar-refractivity contribution in [3.05, 3.63) is 22.7 Å². The van der Waals surface area contributed by atoms with Crippen molar-refractivity contribution in [3.63, 3.8) is 0 Å². The molecule has 1 aromatic rings. The van der Waals surface area contributed by atoms with Crippen LogP contribution in [-0.4, -0.2) is 20.3 Å². The number of methoxy groups -OCH3 is 1. The molecule has 0 aliphatic rings. The number of benzene rings is 1. The van der Waals surface area contributed by atoms with E-state index >= 15 is 0 Å². The maximum absolute atomic E-state index is 8.47. The lowest BCUT2D eigenvalue weighted by atomic mass is 10.2. The summed E-state index contributed by atoms with van der Waals surface area (Å²) in [4.78, 5) is 0. The van der Waals surface area contributed by atoms with Gasteiger partial charge in [0.1, 0.15) is 0 Å². The topological polar surface area (TPSA) is 54.3 Å². The van der Waals surface area contributed by atoms with E-state index in [4.69, 9.17) is 26.3 Å². The van der Waals surface area contributed by atoms with E-state index in [0.717, 1.165) is 37.9 Å². The number of nitriles is 1. The van der Waals surface area contributed by atoms with Crippen molar-refractivity contribution in [2.24, 2.45) is 0 Å². The first-order chi connectivity index (χ1) is 10.2. The molecule has 0 aliphatic carbocycles. The van der Waals surface area contributed by atoms with Crippen molar-refractivity contribution in [1.82, 2.24) is 5.32 Å². The van der Waals surface area contributed by atoms with Gasteiger partial charge >= 0.3 is 0 Å². The average molecular weight is 311 g/mol. The Balaban J connectivity index is 2.56. The van der Waals surface area contributed by atoms with Crippen molar-refractivity contribution < 1.29 is 9.47 Å². The Bertz CT molecular complexity index is 472. The van der Waals surface area contributed by atoms with Crippen molar-refractivity contribution in [3.8, 4) is 17.6 Å². The van der Waals surface area contributed by atoms with Gasteiger partial charge in [-0.05, 0) is 43.5 Å². The summed E-state index contributed by atoms with van der Waals surface area (Å²) in [6.07, 6.45) is 3.46. The number of halogens is 1. The zero-order valence-corrected chi connectivity index (χ0v) is 13.5. The molecule has 0 aliphatic heterocycles. The third kappa shape index (κ3) is 6.24. The van der Waals surface area contributed by atoms with Crippen LogP contribution in [0, 0.1) is 11.3 Å². The van der Waals surface area contributed by atoms with Gasteiger partial charge in [-0.3, -0.25) is 0 Å². The molecule has 0 saturated heterocycles. The summed E-state index contributed by atoms with van der Waals surface area (Å²) < 4.78 is 11.0. The molecule has 21 heavy (non-hydrogen) atoms. The van der Waals surface area contributed by atoms with Crippen LogP contribution < -0.4 is 14.8 Å². The first-order valence-corrected chi connectivity index (χ1v) is 7.67. The number of unbranched alkanes of at least 4 members (excludes halogenated alkanes) is 2. The predicted octanol–water partition coefficient (Wildman–Crippen LogP) is 3.92. The summed E-state index contributed by atoms with van der Waals surface area (Å²) in [6, 6.07) is 5.99. The molecule has 4 nitrogen and oxygen atoms in total. The van der Waals surface area contributed by atoms with Crippen LogP contribution in [0.2, 0.25) is 5.02 Å². The molecule has 1 rings (SSSR count). The Morgan fingerprint density at radius 3 is 2.81 bits per heavy atom. The Morgan fingerprint density at radius 2 is 2.14 bits per heavy atom. The van der Waals surface area contributed by atoms with Gasteiger partial charge < -0.3 is 14.8 Å². The lowest BCUT2D eigenvalue weighted by Gasteiger charge is -2.14. The van der Waals surface area contributed by atoms with E-state index in [0.29, 0.717) is 29.5 Å². The van der Waals surface area contributed by atoms with Crippen LogP contribution in [0.1, 0.15) is 38.2 Å². The van der Waals surface area contributed by atoms with Gasteiger partial charge in [-0.1, -0.05) is 18.5 Å². The fourth-order valence-electron chi connectivity index (χ4n) is 1.91. The average Bonchev–Trinajstić information content (AvgIpc) is 2.49. The fourth-order valence-corrected chi connectivity index (χ4v) is 2.19. The SMILES string of the molecule is CCCOc1c(Cl)cc(CNCCCCC#N)cc1OC. The zero-order chi connectivity index (χ0) is 15.5. The van der Waals surface area contributed by atoms with Crippen LogP contribution in [-0.2, 0) is 6.54 Å². The normalized spacial score (nSPS) is 10.2. The first-order valence-electron chi connectivity index (χ1n) is 7.29. The minimum Gasteiger partial charge on any atom is -0.493 e. The van der Waals surface area contributed by atoms with Gasteiger partial charge in [-0.25, -0.2) is 0 Å². The Kier molecular flexibility index (Phi) is 8.65. The Morgan fingerprint density at radius 1 is 1.33 bits per heavy atom. The van der Waals surface area contributed by atoms with E-state index in [1.807, 2.05) is 19.1 Å². The maximum Gasteiger partial charge on any atom is 0.179 e. The highest BCUT2D eigenvalue weighted by Crippen LogP contribution is 2.36. The monoisotopic (exact) mass is 310 g/mol. The fraction of sp³-hybridized carbons (Fsp3) is 0.562. The van der Waals surface area contributed by atoms with Gasteiger partial charge in [0.15, 0.2) is 11.5 Å². The van der Waals surface area contributed by atoms with Crippen LogP contribution >= 0.6 is 11.6 Å². The highest BCUT2D eigenvalue weighted by atomic mass is 35.5. The molecular weight excluding hydrogens is 288 g/mol. The van der Waals surface area contributed by atoms with Crippen molar-refractivity contribution >= 4 is 11.6 Å². The minimum atomic E-state index is 0.573. The molecular formula is C16H23ClN2O2. The molecule has 0 saturated carbocycles. The van der Waals surface area contributed by atoms with Crippen LogP contribution in [0.4, 0.5) is 0 Å². The number of ether oxygens (including phenoxy) is 2. The molecule has 0 aromatic heterocycles. The van der Waals surface area contributed by atoms with Crippen LogP contribution in [0.15, 0.2) is 12.1 Å². The number of nitrogens with zero attached hydrogens (tertiary/aromatic N) is 1. The summed E-state index contributed by atoms with van der Waals surface area (Å²) in [5, 5.41) is 12.4. The minimum absolute atomic E-state index is 0.573. The van der Waals surface area contributed by atoms with E-state index < -0.39 is 0 Å². The van der Waals surface area contributed by atoms with E-state index in [2.05, 4.69) is 11.4 Å². The highest BCUT2D eigenvalue weighted by Gasteiger charge is 2.11. The smallest absolute Gasteiger partial charge is 0.179 e. The molecule has 1 N–H and O–H groups in total. The summed E-state index contributed by atoms with van der Waals surface area (Å²) in [6.45, 7) is 4.27. The van der Waals surface area contributed by atoms with Crippen LogP contribution in [0.3, 0.4) is 0 Å². The molecule has 0 bridgehead atoms. The third-order valence-electron chi connectivity index (χ3n) is 2.96. The molecule has 5 heteroatoms. The second kappa shape index (κ2) is 10.3. The van der Waals surface area contributed by atoms with Crippen molar-refractivity contribution in [2.45, 2.75) is 39.2 Å². The van der Waals surface area contributed by atoms with Gasteiger partial charge in [0.25, 0.3) is 0 Å². The second-order valence-electron chi connectivity index (χ2n) is 4.75. The van der Waals surface area contributed by atoms with E-state index in [1.165, 1.54) is 0 Å². The van der Waals surface area contributed by atoms with Gasteiger partial charge in [0.05, 0.1) is 24.8 Å². The first kappa shape index (κ1) is 17.6. The summed E-state index contributed by atoms with van der Waals surface area (Å²) in [5.74, 6) is 1.27. The second-order valence-corrected chi connectivity index (χ2v) is 5.16.